The summed E-state index contributed by atoms with van der Waals surface area (Å²) in [6, 6.07) is 15.7. The molecule has 1 saturated heterocycles. The van der Waals surface area contributed by atoms with E-state index in [-0.39, 0.29) is 16.5 Å². The lowest BCUT2D eigenvalue weighted by Crippen LogP contribution is -2.29. The van der Waals surface area contributed by atoms with E-state index >= 15 is 0 Å². The van der Waals surface area contributed by atoms with Gasteiger partial charge in [-0.3, -0.25) is 14.3 Å². The summed E-state index contributed by atoms with van der Waals surface area (Å²) in [4.78, 5) is 27.6. The second-order valence-corrected chi connectivity index (χ2v) is 9.77. The molecule has 0 saturated carbocycles. The Labute approximate surface area is 197 Å². The molecular formula is C25H24FN3O4S. The van der Waals surface area contributed by atoms with Gasteiger partial charge in [0, 0.05) is 24.3 Å². The summed E-state index contributed by atoms with van der Waals surface area (Å²) >= 11 is 0. The number of carbonyl (C=O) groups is 2. The summed E-state index contributed by atoms with van der Waals surface area (Å²) in [5.74, 6) is -1.06. The number of anilines is 2. The quantitative estimate of drug-likeness (QED) is 0.545. The predicted molar refractivity (Wildman–Crippen MR) is 128 cm³/mol. The summed E-state index contributed by atoms with van der Waals surface area (Å²) < 4.78 is 40.4. The minimum atomic E-state index is -3.90. The molecular weight excluding hydrogens is 457 g/mol. The third kappa shape index (κ3) is 5.09. The van der Waals surface area contributed by atoms with Crippen molar-refractivity contribution < 1.29 is 22.4 Å². The number of sulfonamides is 1. The van der Waals surface area contributed by atoms with Gasteiger partial charge in [-0.1, -0.05) is 12.1 Å². The molecule has 3 aromatic rings. The van der Waals surface area contributed by atoms with Gasteiger partial charge in [0.1, 0.15) is 5.82 Å². The summed E-state index contributed by atoms with van der Waals surface area (Å²) in [6.45, 7) is 3.24. The highest BCUT2D eigenvalue weighted by molar-refractivity contribution is 7.92. The van der Waals surface area contributed by atoms with E-state index in [1.807, 2.05) is 13.0 Å². The Morgan fingerprint density at radius 1 is 0.912 bits per heavy atom. The van der Waals surface area contributed by atoms with Crippen molar-refractivity contribution in [3.8, 4) is 0 Å². The smallest absolute Gasteiger partial charge is 0.261 e. The van der Waals surface area contributed by atoms with Crippen molar-refractivity contribution in [2.24, 2.45) is 0 Å². The number of hydrogen-bond acceptors (Lipinski definition) is 4. The third-order valence-electron chi connectivity index (χ3n) is 5.65. The largest absolute Gasteiger partial charge is 0.339 e. The van der Waals surface area contributed by atoms with E-state index in [0.717, 1.165) is 30.5 Å². The molecule has 2 amide bonds. The normalized spacial score (nSPS) is 13.5. The zero-order chi connectivity index (χ0) is 24.3. The van der Waals surface area contributed by atoms with Crippen LogP contribution in [0.1, 0.15) is 39.1 Å². The van der Waals surface area contributed by atoms with E-state index in [1.165, 1.54) is 36.4 Å². The summed E-state index contributed by atoms with van der Waals surface area (Å²) in [5, 5.41) is 2.81. The number of amides is 2. The van der Waals surface area contributed by atoms with Gasteiger partial charge >= 0.3 is 0 Å². The first-order valence-corrected chi connectivity index (χ1v) is 12.3. The molecule has 1 heterocycles. The molecule has 0 aromatic heterocycles. The Morgan fingerprint density at radius 3 is 2.21 bits per heavy atom. The first kappa shape index (κ1) is 23.4. The highest BCUT2D eigenvalue weighted by Crippen LogP contribution is 2.25. The van der Waals surface area contributed by atoms with Crippen LogP contribution < -0.4 is 10.0 Å². The predicted octanol–water partition coefficient (Wildman–Crippen LogP) is 4.42. The Morgan fingerprint density at radius 2 is 1.56 bits per heavy atom. The fourth-order valence-corrected chi connectivity index (χ4v) is 4.90. The average molecular weight is 482 g/mol. The van der Waals surface area contributed by atoms with Gasteiger partial charge in [-0.05, 0) is 79.9 Å². The van der Waals surface area contributed by atoms with E-state index < -0.39 is 21.7 Å². The number of hydrogen-bond donors (Lipinski definition) is 2. The van der Waals surface area contributed by atoms with Crippen molar-refractivity contribution >= 4 is 33.2 Å². The molecule has 0 radical (unpaired) electrons. The fraction of sp³-hybridized carbons (Fsp3) is 0.200. The van der Waals surface area contributed by atoms with Crippen molar-refractivity contribution in [2.45, 2.75) is 24.7 Å². The molecule has 176 valence electrons. The van der Waals surface area contributed by atoms with Gasteiger partial charge < -0.3 is 10.2 Å². The van der Waals surface area contributed by atoms with Crippen LogP contribution >= 0.6 is 0 Å². The molecule has 34 heavy (non-hydrogen) atoms. The van der Waals surface area contributed by atoms with Crippen LogP contribution in [0.25, 0.3) is 0 Å². The highest BCUT2D eigenvalue weighted by Gasteiger charge is 2.24. The van der Waals surface area contributed by atoms with Crippen molar-refractivity contribution in [1.82, 2.24) is 4.90 Å². The molecule has 0 bridgehead atoms. The molecule has 1 fully saturated rings. The molecule has 0 spiro atoms. The molecule has 3 aromatic carbocycles. The number of carbonyl (C=O) groups excluding carboxylic acids is 2. The summed E-state index contributed by atoms with van der Waals surface area (Å²) in [7, 11) is -3.90. The average Bonchev–Trinajstić information content (AvgIpc) is 3.34. The number of halogens is 1. The number of nitrogens with one attached hydrogen (secondary N) is 2. The lowest BCUT2D eigenvalue weighted by Gasteiger charge is -2.19. The van der Waals surface area contributed by atoms with Crippen LogP contribution in [0.3, 0.4) is 0 Å². The molecule has 4 rings (SSSR count). The van der Waals surface area contributed by atoms with Crippen LogP contribution in [-0.4, -0.2) is 38.2 Å². The third-order valence-corrected chi connectivity index (χ3v) is 7.05. The lowest BCUT2D eigenvalue weighted by atomic mass is 10.0. The van der Waals surface area contributed by atoms with Crippen LogP contribution in [0.5, 0.6) is 0 Å². The first-order chi connectivity index (χ1) is 16.2. The number of rotatable bonds is 6. The van der Waals surface area contributed by atoms with Crippen molar-refractivity contribution in [3.05, 3.63) is 89.2 Å². The van der Waals surface area contributed by atoms with Gasteiger partial charge in [0.05, 0.1) is 16.1 Å². The van der Waals surface area contributed by atoms with Gasteiger partial charge in [0.2, 0.25) is 0 Å². The maximum Gasteiger partial charge on any atom is 0.261 e. The Bertz CT molecular complexity index is 1320. The van der Waals surface area contributed by atoms with Gasteiger partial charge in [0.15, 0.2) is 0 Å². The van der Waals surface area contributed by atoms with Crippen molar-refractivity contribution in [3.63, 3.8) is 0 Å². The van der Waals surface area contributed by atoms with Crippen LogP contribution in [-0.2, 0) is 10.0 Å². The van der Waals surface area contributed by atoms with Gasteiger partial charge in [0.25, 0.3) is 21.8 Å². The van der Waals surface area contributed by atoms with Crippen LogP contribution in [0.15, 0.2) is 71.6 Å². The second-order valence-electron chi connectivity index (χ2n) is 8.09. The molecule has 1 aliphatic rings. The van der Waals surface area contributed by atoms with E-state index in [4.69, 9.17) is 0 Å². The molecule has 0 atom stereocenters. The number of benzene rings is 3. The van der Waals surface area contributed by atoms with E-state index in [9.17, 15) is 22.4 Å². The SMILES string of the molecule is Cc1cccc(NC(=O)c2ccc(NS(=O)(=O)c3ccc(F)cc3)cc2)c1C(=O)N1CCCC1. The zero-order valence-corrected chi connectivity index (χ0v) is 19.4. The second kappa shape index (κ2) is 9.64. The van der Waals surface area contributed by atoms with Crippen molar-refractivity contribution in [1.29, 1.82) is 0 Å². The molecule has 7 nitrogen and oxygen atoms in total. The number of nitrogens with zero attached hydrogens (tertiary/aromatic N) is 1. The summed E-state index contributed by atoms with van der Waals surface area (Å²) in [6.07, 6.45) is 1.94. The summed E-state index contributed by atoms with van der Waals surface area (Å²) in [5.41, 5.74) is 2.23. The topological polar surface area (TPSA) is 95.6 Å². The van der Waals surface area contributed by atoms with Crippen LogP contribution in [0.4, 0.5) is 15.8 Å². The lowest BCUT2D eigenvalue weighted by molar-refractivity contribution is 0.0793. The van der Waals surface area contributed by atoms with E-state index in [1.54, 1.807) is 17.0 Å². The maximum absolute atomic E-state index is 13.1. The maximum atomic E-state index is 13.1. The van der Waals surface area contributed by atoms with Crippen LogP contribution in [0, 0.1) is 12.7 Å². The van der Waals surface area contributed by atoms with Gasteiger partial charge in [-0.15, -0.1) is 0 Å². The number of aryl methyl sites for hydroxylation is 1. The van der Waals surface area contributed by atoms with Crippen molar-refractivity contribution in [2.75, 3.05) is 23.1 Å². The monoisotopic (exact) mass is 481 g/mol. The van der Waals surface area contributed by atoms with Gasteiger partial charge in [-0.25, -0.2) is 12.8 Å². The molecule has 0 unspecified atom stereocenters. The van der Waals surface area contributed by atoms with Gasteiger partial charge in [-0.2, -0.15) is 0 Å². The Balaban J connectivity index is 1.49. The van der Waals surface area contributed by atoms with E-state index in [2.05, 4.69) is 10.0 Å². The molecule has 1 aliphatic heterocycles. The Hall–Kier alpha value is -3.72. The number of likely N-dealkylation sites (tertiary alicyclic amines) is 1. The van der Waals surface area contributed by atoms with E-state index in [0.29, 0.717) is 29.9 Å². The molecule has 9 heteroatoms. The fourth-order valence-electron chi connectivity index (χ4n) is 3.85. The van der Waals surface area contributed by atoms with Crippen LogP contribution in [0.2, 0.25) is 0 Å². The zero-order valence-electron chi connectivity index (χ0n) is 18.5. The minimum Gasteiger partial charge on any atom is -0.339 e. The first-order valence-electron chi connectivity index (χ1n) is 10.8. The standard InChI is InChI=1S/C25H24FN3O4S/c1-17-5-4-6-22(23(17)25(31)29-15-2-3-16-29)27-24(30)18-7-11-20(12-8-18)28-34(32,33)21-13-9-19(26)10-14-21/h4-14,28H,2-3,15-16H2,1H3,(H,27,30). The molecule has 2 N–H and O–H groups in total. The highest BCUT2D eigenvalue weighted by atomic mass is 32.2. The Kier molecular flexibility index (Phi) is 6.65. The molecule has 0 aliphatic carbocycles. The minimum absolute atomic E-state index is 0.0784.